The molecule has 0 aliphatic heterocycles. The highest BCUT2D eigenvalue weighted by molar-refractivity contribution is 14.0. The molecule has 0 radical (unpaired) electrons. The molecule has 2 N–H and O–H groups in total. The first-order valence-electron chi connectivity index (χ1n) is 8.39. The zero-order chi connectivity index (χ0) is 18.9. The van der Waals surface area contributed by atoms with Gasteiger partial charge in [-0.3, -0.25) is 9.79 Å². The summed E-state index contributed by atoms with van der Waals surface area (Å²) >= 11 is 1.74. The maximum atomic E-state index is 11.6. The normalized spacial score (nSPS) is 10.7. The molecule has 0 fully saturated rings. The van der Waals surface area contributed by atoms with E-state index in [4.69, 9.17) is 4.74 Å². The van der Waals surface area contributed by atoms with E-state index in [1.54, 1.807) is 32.5 Å². The van der Waals surface area contributed by atoms with Gasteiger partial charge in [0.15, 0.2) is 12.6 Å². The third-order valence-electron chi connectivity index (χ3n) is 3.83. The molecule has 0 saturated heterocycles. The van der Waals surface area contributed by atoms with Gasteiger partial charge in [0.1, 0.15) is 5.75 Å². The van der Waals surface area contributed by atoms with Crippen LogP contribution in [0.15, 0.2) is 40.7 Å². The number of rotatable bonds is 7. The zero-order valence-electron chi connectivity index (χ0n) is 16.1. The number of amides is 1. The SMILES string of the molecule is CN=C(NCc1cccc(OCC(=O)N(C)C)c1)NCc1sccc1C.I. The van der Waals surface area contributed by atoms with Crippen molar-refractivity contribution in [3.63, 3.8) is 0 Å². The molecule has 0 aliphatic carbocycles. The van der Waals surface area contributed by atoms with Crippen LogP contribution in [0.1, 0.15) is 16.0 Å². The van der Waals surface area contributed by atoms with Crippen molar-refractivity contribution in [2.24, 2.45) is 4.99 Å². The molecule has 27 heavy (non-hydrogen) atoms. The van der Waals surface area contributed by atoms with E-state index in [0.717, 1.165) is 18.1 Å². The van der Waals surface area contributed by atoms with Crippen LogP contribution in [-0.2, 0) is 17.9 Å². The second-order valence-corrected chi connectivity index (χ2v) is 7.03. The summed E-state index contributed by atoms with van der Waals surface area (Å²) in [5.41, 5.74) is 2.34. The number of guanidine groups is 1. The second-order valence-electron chi connectivity index (χ2n) is 6.03. The zero-order valence-corrected chi connectivity index (χ0v) is 19.3. The quantitative estimate of drug-likeness (QED) is 0.347. The molecule has 8 heteroatoms. The number of nitrogens with one attached hydrogen (secondary N) is 2. The smallest absolute Gasteiger partial charge is 0.259 e. The molecular formula is C19H27IN4O2S. The monoisotopic (exact) mass is 502 g/mol. The number of benzene rings is 1. The van der Waals surface area contributed by atoms with Gasteiger partial charge in [-0.25, -0.2) is 0 Å². The van der Waals surface area contributed by atoms with Crippen molar-refractivity contribution >= 4 is 47.2 Å². The summed E-state index contributed by atoms with van der Waals surface area (Å²) in [6, 6.07) is 9.80. The first-order chi connectivity index (χ1) is 12.5. The molecule has 0 aliphatic rings. The molecule has 1 heterocycles. The predicted octanol–water partition coefficient (Wildman–Crippen LogP) is 3.01. The fraction of sp³-hybridized carbons (Fsp3) is 0.368. The van der Waals surface area contributed by atoms with Gasteiger partial charge in [-0.05, 0) is 41.6 Å². The minimum atomic E-state index is -0.0676. The summed E-state index contributed by atoms with van der Waals surface area (Å²) in [4.78, 5) is 18.7. The molecule has 6 nitrogen and oxygen atoms in total. The van der Waals surface area contributed by atoms with Crippen LogP contribution in [-0.4, -0.2) is 44.5 Å². The Labute approximate surface area is 182 Å². The van der Waals surface area contributed by atoms with Crippen molar-refractivity contribution in [3.05, 3.63) is 51.7 Å². The van der Waals surface area contributed by atoms with Gasteiger partial charge in [0.25, 0.3) is 5.91 Å². The summed E-state index contributed by atoms with van der Waals surface area (Å²) in [5, 5.41) is 8.70. The fourth-order valence-corrected chi connectivity index (χ4v) is 3.02. The number of thiophene rings is 1. The Balaban J connectivity index is 0.00000364. The van der Waals surface area contributed by atoms with Gasteiger partial charge in [-0.15, -0.1) is 35.3 Å². The Kier molecular flexibility index (Phi) is 10.2. The lowest BCUT2D eigenvalue weighted by Crippen LogP contribution is -2.36. The molecule has 1 aromatic carbocycles. The Bertz CT molecular complexity index is 762. The first-order valence-corrected chi connectivity index (χ1v) is 9.27. The van der Waals surface area contributed by atoms with Crippen LogP contribution in [0.2, 0.25) is 0 Å². The average molecular weight is 502 g/mol. The van der Waals surface area contributed by atoms with E-state index in [1.165, 1.54) is 15.3 Å². The topological polar surface area (TPSA) is 66.0 Å². The first kappa shape index (κ1) is 23.2. The number of aryl methyl sites for hydroxylation is 1. The van der Waals surface area contributed by atoms with Gasteiger partial charge in [0.05, 0.1) is 6.54 Å². The molecule has 1 amide bonds. The number of likely N-dealkylation sites (N-methyl/N-ethyl adjacent to an activating group) is 1. The van der Waals surface area contributed by atoms with Gasteiger partial charge in [-0.1, -0.05) is 12.1 Å². The fourth-order valence-electron chi connectivity index (χ4n) is 2.17. The summed E-state index contributed by atoms with van der Waals surface area (Å²) in [6.45, 7) is 3.50. The summed E-state index contributed by atoms with van der Waals surface area (Å²) in [7, 11) is 5.17. The number of hydrogen-bond donors (Lipinski definition) is 2. The number of nitrogens with zero attached hydrogens (tertiary/aromatic N) is 2. The van der Waals surface area contributed by atoms with Crippen LogP contribution < -0.4 is 15.4 Å². The molecule has 148 valence electrons. The molecule has 1 aromatic heterocycles. The van der Waals surface area contributed by atoms with E-state index in [2.05, 4.69) is 34.0 Å². The summed E-state index contributed by atoms with van der Waals surface area (Å²) in [5.74, 6) is 1.35. The second kappa shape index (κ2) is 11.8. The van der Waals surface area contributed by atoms with E-state index >= 15 is 0 Å². The molecular weight excluding hydrogens is 475 g/mol. The molecule has 0 spiro atoms. The lowest BCUT2D eigenvalue weighted by molar-refractivity contribution is -0.130. The third-order valence-corrected chi connectivity index (χ3v) is 4.85. The Hall–Kier alpha value is -1.81. The number of hydrogen-bond acceptors (Lipinski definition) is 4. The highest BCUT2D eigenvalue weighted by Gasteiger charge is 2.06. The van der Waals surface area contributed by atoms with Gasteiger partial charge < -0.3 is 20.3 Å². The van der Waals surface area contributed by atoms with Crippen LogP contribution in [0, 0.1) is 6.92 Å². The predicted molar refractivity (Wildman–Crippen MR) is 122 cm³/mol. The number of carbonyl (C=O) groups excluding carboxylic acids is 1. The maximum absolute atomic E-state index is 11.6. The average Bonchev–Trinajstić information content (AvgIpc) is 3.05. The number of carbonyl (C=O) groups is 1. The van der Waals surface area contributed by atoms with Crippen molar-refractivity contribution in [3.8, 4) is 5.75 Å². The highest BCUT2D eigenvalue weighted by Crippen LogP contribution is 2.15. The van der Waals surface area contributed by atoms with Crippen LogP contribution >= 0.6 is 35.3 Å². The largest absolute Gasteiger partial charge is 0.484 e. The number of aliphatic imine (C=N–C) groups is 1. The van der Waals surface area contributed by atoms with Crippen molar-refractivity contribution in [2.75, 3.05) is 27.7 Å². The van der Waals surface area contributed by atoms with Gasteiger partial charge in [0, 0.05) is 32.6 Å². The van der Waals surface area contributed by atoms with E-state index in [0.29, 0.717) is 12.3 Å². The highest BCUT2D eigenvalue weighted by atomic mass is 127. The van der Waals surface area contributed by atoms with E-state index in [1.807, 2.05) is 24.3 Å². The van der Waals surface area contributed by atoms with Crippen LogP contribution in [0.25, 0.3) is 0 Å². The van der Waals surface area contributed by atoms with Crippen LogP contribution in [0.5, 0.6) is 5.75 Å². The minimum Gasteiger partial charge on any atom is -0.484 e. The van der Waals surface area contributed by atoms with Crippen molar-refractivity contribution in [1.82, 2.24) is 15.5 Å². The molecule has 2 aromatic rings. The van der Waals surface area contributed by atoms with E-state index < -0.39 is 0 Å². The minimum absolute atomic E-state index is 0. The van der Waals surface area contributed by atoms with E-state index in [-0.39, 0.29) is 36.5 Å². The lowest BCUT2D eigenvalue weighted by Gasteiger charge is -2.13. The third kappa shape index (κ3) is 7.76. The summed E-state index contributed by atoms with van der Waals surface area (Å²) in [6.07, 6.45) is 0. The molecule has 0 unspecified atom stereocenters. The molecule has 0 atom stereocenters. The molecule has 0 bridgehead atoms. The Morgan fingerprint density at radius 1 is 1.22 bits per heavy atom. The van der Waals surface area contributed by atoms with E-state index in [9.17, 15) is 4.79 Å². The van der Waals surface area contributed by atoms with Crippen molar-refractivity contribution in [2.45, 2.75) is 20.0 Å². The number of halogens is 1. The summed E-state index contributed by atoms with van der Waals surface area (Å²) < 4.78 is 5.55. The van der Waals surface area contributed by atoms with Crippen molar-refractivity contribution < 1.29 is 9.53 Å². The number of ether oxygens (including phenoxy) is 1. The Morgan fingerprint density at radius 3 is 2.59 bits per heavy atom. The Morgan fingerprint density at radius 2 is 1.96 bits per heavy atom. The van der Waals surface area contributed by atoms with Crippen LogP contribution in [0.3, 0.4) is 0 Å². The van der Waals surface area contributed by atoms with Gasteiger partial charge in [0.2, 0.25) is 0 Å². The van der Waals surface area contributed by atoms with Crippen LogP contribution in [0.4, 0.5) is 0 Å². The molecule has 0 saturated carbocycles. The van der Waals surface area contributed by atoms with Gasteiger partial charge in [-0.2, -0.15) is 0 Å². The van der Waals surface area contributed by atoms with Gasteiger partial charge >= 0.3 is 0 Å². The maximum Gasteiger partial charge on any atom is 0.259 e. The standard InChI is InChI=1S/C19H26N4O2S.HI/c1-14-8-9-26-17(14)12-22-19(20-2)21-11-15-6-5-7-16(10-15)25-13-18(24)23(3)4;/h5-10H,11-13H2,1-4H3,(H2,20,21,22);1H. The lowest BCUT2D eigenvalue weighted by atomic mass is 10.2. The van der Waals surface area contributed by atoms with Crippen molar-refractivity contribution in [1.29, 1.82) is 0 Å². The molecule has 2 rings (SSSR count).